The van der Waals surface area contributed by atoms with E-state index in [9.17, 15) is 9.59 Å². The van der Waals surface area contributed by atoms with Gasteiger partial charge in [0.1, 0.15) is 6.10 Å². The zero-order valence-electron chi connectivity index (χ0n) is 10.8. The van der Waals surface area contributed by atoms with Crippen molar-refractivity contribution in [2.24, 2.45) is 0 Å². The first-order valence-electron chi connectivity index (χ1n) is 6.64. The van der Waals surface area contributed by atoms with Crippen molar-refractivity contribution in [1.29, 1.82) is 0 Å². The molecule has 0 bridgehead atoms. The number of hydrogen-bond acceptors (Lipinski definition) is 3. The van der Waals surface area contributed by atoms with Crippen molar-refractivity contribution in [3.63, 3.8) is 0 Å². The van der Waals surface area contributed by atoms with Gasteiger partial charge in [-0.3, -0.25) is 4.79 Å². The maximum Gasteiger partial charge on any atom is 0.410 e. The molecular formula is C14H15BrN2O3. The summed E-state index contributed by atoms with van der Waals surface area (Å²) in [6.07, 6.45) is 1.62. The number of benzene rings is 1. The van der Waals surface area contributed by atoms with E-state index in [2.05, 4.69) is 21.2 Å². The Labute approximate surface area is 125 Å². The number of nitrogens with zero attached hydrogens (tertiary/aromatic N) is 1. The number of carbonyl (C=O) groups excluding carboxylic acids is 2. The second kappa shape index (κ2) is 5.44. The number of hydrogen-bond donors (Lipinski definition) is 1. The molecule has 1 N–H and O–H groups in total. The molecule has 1 unspecified atom stereocenters. The van der Waals surface area contributed by atoms with Crippen molar-refractivity contribution in [3.8, 4) is 0 Å². The van der Waals surface area contributed by atoms with Crippen LogP contribution in [0.5, 0.6) is 0 Å². The average Bonchev–Trinajstić information content (AvgIpc) is 3.21. The number of halogens is 1. The minimum absolute atomic E-state index is 0.154. The molecule has 1 aliphatic carbocycles. The lowest BCUT2D eigenvalue weighted by Crippen LogP contribution is -2.35. The van der Waals surface area contributed by atoms with Crippen molar-refractivity contribution in [3.05, 3.63) is 34.3 Å². The summed E-state index contributed by atoms with van der Waals surface area (Å²) < 4.78 is 6.17. The topological polar surface area (TPSA) is 58.6 Å². The molecular weight excluding hydrogens is 324 g/mol. The summed E-state index contributed by atoms with van der Waals surface area (Å²) in [5, 5.41) is 2.80. The second-order valence-electron chi connectivity index (χ2n) is 5.11. The molecule has 1 aromatic carbocycles. The van der Waals surface area contributed by atoms with Gasteiger partial charge in [0.25, 0.3) is 5.91 Å². The van der Waals surface area contributed by atoms with Gasteiger partial charge in [0.15, 0.2) is 0 Å². The standard InChI is InChI=1S/C14H15BrN2O3/c15-10-3-1-9(2-4-10)13(18)16-7-12-8-17(11-5-6-11)14(19)20-12/h1-4,11-12H,5-8H2,(H,16,18). The zero-order chi connectivity index (χ0) is 14.1. The van der Waals surface area contributed by atoms with Crippen molar-refractivity contribution < 1.29 is 14.3 Å². The third-order valence-corrected chi connectivity index (χ3v) is 4.02. The van der Waals surface area contributed by atoms with Gasteiger partial charge in [-0.2, -0.15) is 0 Å². The van der Waals surface area contributed by atoms with Gasteiger partial charge in [-0.25, -0.2) is 4.79 Å². The van der Waals surface area contributed by atoms with Crippen LogP contribution in [0.25, 0.3) is 0 Å². The van der Waals surface area contributed by atoms with Crippen molar-refractivity contribution in [2.45, 2.75) is 25.0 Å². The molecule has 2 fully saturated rings. The van der Waals surface area contributed by atoms with E-state index in [1.807, 2.05) is 12.1 Å². The van der Waals surface area contributed by atoms with E-state index in [0.717, 1.165) is 17.3 Å². The van der Waals surface area contributed by atoms with Gasteiger partial charge in [-0.05, 0) is 37.1 Å². The molecule has 1 heterocycles. The molecule has 1 aliphatic heterocycles. The Hall–Kier alpha value is -1.56. The Bertz CT molecular complexity index is 528. The number of cyclic esters (lactones) is 1. The summed E-state index contributed by atoms with van der Waals surface area (Å²) in [7, 11) is 0. The van der Waals surface area contributed by atoms with Crippen LogP contribution in [-0.2, 0) is 4.74 Å². The minimum Gasteiger partial charge on any atom is -0.442 e. The maximum absolute atomic E-state index is 11.9. The first kappa shape index (κ1) is 13.4. The Kier molecular flexibility index (Phi) is 3.65. The van der Waals surface area contributed by atoms with E-state index in [-0.39, 0.29) is 18.1 Å². The lowest BCUT2D eigenvalue weighted by atomic mass is 10.2. The molecule has 2 aliphatic rings. The molecule has 6 heteroatoms. The fourth-order valence-electron chi connectivity index (χ4n) is 2.24. The van der Waals surface area contributed by atoms with E-state index < -0.39 is 0 Å². The predicted molar refractivity (Wildman–Crippen MR) is 76.5 cm³/mol. The largest absolute Gasteiger partial charge is 0.442 e. The average molecular weight is 339 g/mol. The maximum atomic E-state index is 11.9. The molecule has 2 amide bonds. The van der Waals surface area contributed by atoms with Gasteiger partial charge >= 0.3 is 6.09 Å². The zero-order valence-corrected chi connectivity index (χ0v) is 12.4. The first-order chi connectivity index (χ1) is 9.63. The molecule has 106 valence electrons. The second-order valence-corrected chi connectivity index (χ2v) is 6.02. The van der Waals surface area contributed by atoms with E-state index in [1.54, 1.807) is 17.0 Å². The molecule has 1 aromatic rings. The van der Waals surface area contributed by atoms with Gasteiger partial charge in [-0.15, -0.1) is 0 Å². The number of rotatable bonds is 4. The summed E-state index contributed by atoms with van der Waals surface area (Å²) in [5.74, 6) is -0.154. The Morgan fingerprint density at radius 3 is 2.70 bits per heavy atom. The minimum atomic E-state index is -0.254. The van der Waals surface area contributed by atoms with E-state index in [0.29, 0.717) is 24.7 Å². The summed E-state index contributed by atoms with van der Waals surface area (Å²) in [4.78, 5) is 25.3. The van der Waals surface area contributed by atoms with Crippen LogP contribution in [0, 0.1) is 0 Å². The lowest BCUT2D eigenvalue weighted by molar-refractivity contribution is 0.0914. The van der Waals surface area contributed by atoms with Crippen LogP contribution in [0.3, 0.4) is 0 Å². The fraction of sp³-hybridized carbons (Fsp3) is 0.429. The van der Waals surface area contributed by atoms with Gasteiger partial charge in [0.05, 0.1) is 13.1 Å². The Morgan fingerprint density at radius 1 is 1.35 bits per heavy atom. The third-order valence-electron chi connectivity index (χ3n) is 3.49. The smallest absolute Gasteiger partial charge is 0.410 e. The molecule has 0 radical (unpaired) electrons. The fourth-order valence-corrected chi connectivity index (χ4v) is 2.51. The summed E-state index contributed by atoms with van der Waals surface area (Å²) in [6.45, 7) is 0.925. The van der Waals surface area contributed by atoms with Gasteiger partial charge in [0.2, 0.25) is 0 Å². The Morgan fingerprint density at radius 2 is 2.05 bits per heavy atom. The first-order valence-corrected chi connectivity index (χ1v) is 7.44. The molecule has 0 spiro atoms. The highest BCUT2D eigenvalue weighted by molar-refractivity contribution is 9.10. The number of carbonyl (C=O) groups is 2. The summed E-state index contributed by atoms with van der Waals surface area (Å²) >= 11 is 3.33. The van der Waals surface area contributed by atoms with Gasteiger partial charge < -0.3 is 15.0 Å². The van der Waals surface area contributed by atoms with Crippen LogP contribution in [0.15, 0.2) is 28.7 Å². The van der Waals surface area contributed by atoms with Crippen LogP contribution >= 0.6 is 15.9 Å². The van der Waals surface area contributed by atoms with E-state index >= 15 is 0 Å². The van der Waals surface area contributed by atoms with Crippen LogP contribution in [0.1, 0.15) is 23.2 Å². The third kappa shape index (κ3) is 2.95. The SMILES string of the molecule is O=C(NCC1CN(C2CC2)C(=O)O1)c1ccc(Br)cc1. The lowest BCUT2D eigenvalue weighted by Gasteiger charge is -2.11. The molecule has 0 aromatic heterocycles. The van der Waals surface area contributed by atoms with Crippen LogP contribution < -0.4 is 5.32 Å². The van der Waals surface area contributed by atoms with Crippen molar-refractivity contribution in [2.75, 3.05) is 13.1 Å². The monoisotopic (exact) mass is 338 g/mol. The quantitative estimate of drug-likeness (QED) is 0.915. The molecule has 1 saturated heterocycles. The highest BCUT2D eigenvalue weighted by Gasteiger charge is 2.40. The summed E-state index contributed by atoms with van der Waals surface area (Å²) in [6, 6.07) is 7.49. The molecule has 3 rings (SSSR count). The normalized spacial score (nSPS) is 21.8. The molecule has 1 saturated carbocycles. The Balaban J connectivity index is 1.51. The van der Waals surface area contributed by atoms with Gasteiger partial charge in [0, 0.05) is 16.1 Å². The predicted octanol–water partition coefficient (Wildman–Crippen LogP) is 2.16. The van der Waals surface area contributed by atoms with Gasteiger partial charge in [-0.1, -0.05) is 15.9 Å². The summed E-state index contributed by atoms with van der Waals surface area (Å²) in [5.41, 5.74) is 0.594. The van der Waals surface area contributed by atoms with Crippen molar-refractivity contribution in [1.82, 2.24) is 10.2 Å². The molecule has 5 nitrogen and oxygen atoms in total. The van der Waals surface area contributed by atoms with E-state index in [1.165, 1.54) is 0 Å². The molecule has 20 heavy (non-hydrogen) atoms. The van der Waals surface area contributed by atoms with Crippen LogP contribution in [-0.4, -0.2) is 42.1 Å². The van der Waals surface area contributed by atoms with E-state index in [4.69, 9.17) is 4.74 Å². The number of amides is 2. The van der Waals surface area contributed by atoms with Crippen molar-refractivity contribution >= 4 is 27.9 Å². The highest BCUT2D eigenvalue weighted by Crippen LogP contribution is 2.30. The number of ether oxygens (including phenoxy) is 1. The highest BCUT2D eigenvalue weighted by atomic mass is 79.9. The molecule has 1 atom stereocenters. The van der Waals surface area contributed by atoms with Crippen LogP contribution in [0.4, 0.5) is 4.79 Å². The van der Waals surface area contributed by atoms with Crippen LogP contribution in [0.2, 0.25) is 0 Å². The number of nitrogens with one attached hydrogen (secondary N) is 1.